The van der Waals surface area contributed by atoms with Crippen molar-refractivity contribution in [2.75, 3.05) is 18.6 Å². The number of carbonyl (C=O) groups is 2. The molecule has 0 fully saturated rings. The molecule has 1 aliphatic rings. The van der Waals surface area contributed by atoms with Gasteiger partial charge in [0, 0.05) is 34.8 Å². The first kappa shape index (κ1) is 27.4. The largest absolute Gasteiger partial charge is 0.390 e. The normalized spacial score (nSPS) is 16.8. The minimum Gasteiger partial charge on any atom is -0.390 e. The Bertz CT molecular complexity index is 1370. The standard InChI is InChI=1S/C28H26ClF2N3O4/c1-16(24(35)15-38-14-18-8-10-20(30)13-22(18)31)27(36)33-26-28(37)34(2)23-11-9-19(29)12-21(23)25(32-26)17-6-4-3-5-7-17/h3-13,16,24,26,35H,14-15H2,1-2H3,(H,33,36)/t16-,24+,26?/m1/s1. The van der Waals surface area contributed by atoms with Gasteiger partial charge in [-0.25, -0.2) is 13.8 Å². The van der Waals surface area contributed by atoms with E-state index in [2.05, 4.69) is 10.3 Å². The number of likely N-dealkylation sites (N-methyl/N-ethyl adjacent to an activating group) is 1. The molecule has 1 unspecified atom stereocenters. The number of halogens is 3. The predicted octanol–water partition coefficient (Wildman–Crippen LogP) is 4.09. The van der Waals surface area contributed by atoms with E-state index in [0.717, 1.165) is 17.7 Å². The highest BCUT2D eigenvalue weighted by molar-refractivity contribution is 6.32. The first-order valence-electron chi connectivity index (χ1n) is 11.9. The SMILES string of the molecule is C[C@@H](C(=O)NC1N=C(c2ccccc2)c2cc(Cl)ccc2N(C)C1=O)[C@@H](O)COCc1ccc(F)cc1F. The van der Waals surface area contributed by atoms with Crippen LogP contribution in [0.15, 0.2) is 71.7 Å². The van der Waals surface area contributed by atoms with Gasteiger partial charge in [-0.3, -0.25) is 9.59 Å². The van der Waals surface area contributed by atoms with Crippen molar-refractivity contribution in [1.82, 2.24) is 5.32 Å². The summed E-state index contributed by atoms with van der Waals surface area (Å²) < 4.78 is 32.2. The monoisotopic (exact) mass is 541 g/mol. The summed E-state index contributed by atoms with van der Waals surface area (Å²) in [5.41, 5.74) is 2.53. The van der Waals surface area contributed by atoms with Crippen LogP contribution in [0.5, 0.6) is 0 Å². The number of hydrogen-bond acceptors (Lipinski definition) is 5. The van der Waals surface area contributed by atoms with E-state index < -0.39 is 41.6 Å². The molecule has 4 rings (SSSR count). The van der Waals surface area contributed by atoms with Crippen LogP contribution in [0.2, 0.25) is 5.02 Å². The van der Waals surface area contributed by atoms with Gasteiger partial charge in [-0.2, -0.15) is 0 Å². The average molecular weight is 542 g/mol. The molecule has 3 atom stereocenters. The molecule has 0 radical (unpaired) electrons. The van der Waals surface area contributed by atoms with Gasteiger partial charge in [0.2, 0.25) is 12.1 Å². The minimum atomic E-state index is -1.27. The summed E-state index contributed by atoms with van der Waals surface area (Å²) in [7, 11) is 1.58. The molecule has 3 aromatic rings. The van der Waals surface area contributed by atoms with Crippen molar-refractivity contribution in [2.24, 2.45) is 10.9 Å². The van der Waals surface area contributed by atoms with Crippen LogP contribution in [0.4, 0.5) is 14.5 Å². The van der Waals surface area contributed by atoms with Crippen LogP contribution >= 0.6 is 11.6 Å². The lowest BCUT2D eigenvalue weighted by molar-refractivity contribution is -0.133. The maximum Gasteiger partial charge on any atom is 0.272 e. The van der Waals surface area contributed by atoms with E-state index >= 15 is 0 Å². The number of ether oxygens (including phenoxy) is 1. The van der Waals surface area contributed by atoms with Gasteiger partial charge in [-0.15, -0.1) is 0 Å². The molecule has 2 N–H and O–H groups in total. The molecule has 2 amide bonds. The summed E-state index contributed by atoms with van der Waals surface area (Å²) in [4.78, 5) is 32.3. The van der Waals surface area contributed by atoms with Gasteiger partial charge in [0.25, 0.3) is 5.91 Å². The zero-order valence-corrected chi connectivity index (χ0v) is 21.5. The second kappa shape index (κ2) is 11.8. The maximum absolute atomic E-state index is 13.8. The van der Waals surface area contributed by atoms with Crippen LogP contribution in [0.3, 0.4) is 0 Å². The number of fused-ring (bicyclic) bond motifs is 1. The van der Waals surface area contributed by atoms with Crippen molar-refractivity contribution < 1.29 is 28.2 Å². The summed E-state index contributed by atoms with van der Waals surface area (Å²) in [6, 6.07) is 17.4. The summed E-state index contributed by atoms with van der Waals surface area (Å²) in [5, 5.41) is 13.6. The van der Waals surface area contributed by atoms with Crippen molar-refractivity contribution in [2.45, 2.75) is 25.8 Å². The first-order valence-corrected chi connectivity index (χ1v) is 12.2. The number of nitrogens with one attached hydrogen (secondary N) is 1. The summed E-state index contributed by atoms with van der Waals surface area (Å²) in [6.45, 7) is 0.977. The number of aliphatic hydroxyl groups is 1. The Labute approximate surface area is 223 Å². The van der Waals surface area contributed by atoms with E-state index in [0.29, 0.717) is 22.0 Å². The molecular weight excluding hydrogens is 516 g/mol. The van der Waals surface area contributed by atoms with E-state index in [4.69, 9.17) is 16.3 Å². The molecular formula is C28H26ClF2N3O4. The Hall–Kier alpha value is -3.66. The van der Waals surface area contributed by atoms with Crippen molar-refractivity contribution >= 4 is 34.8 Å². The number of aliphatic hydroxyl groups excluding tert-OH is 1. The van der Waals surface area contributed by atoms with E-state index in [1.165, 1.54) is 17.9 Å². The van der Waals surface area contributed by atoms with Crippen LogP contribution in [0.25, 0.3) is 0 Å². The fraction of sp³-hybridized carbons (Fsp3) is 0.250. The second-order valence-corrected chi connectivity index (χ2v) is 9.36. The molecule has 38 heavy (non-hydrogen) atoms. The third-order valence-corrected chi connectivity index (χ3v) is 6.51. The van der Waals surface area contributed by atoms with Crippen molar-refractivity contribution in [1.29, 1.82) is 0 Å². The second-order valence-electron chi connectivity index (χ2n) is 8.92. The molecule has 198 valence electrons. The molecule has 0 saturated carbocycles. The van der Waals surface area contributed by atoms with Crippen molar-refractivity contribution in [3.63, 3.8) is 0 Å². The number of rotatable bonds is 8. The van der Waals surface area contributed by atoms with Gasteiger partial charge in [0.05, 0.1) is 36.6 Å². The van der Waals surface area contributed by atoms with Gasteiger partial charge in [-0.1, -0.05) is 54.9 Å². The maximum atomic E-state index is 13.8. The van der Waals surface area contributed by atoms with Gasteiger partial charge >= 0.3 is 0 Å². The average Bonchev–Trinajstić information content (AvgIpc) is 3.00. The third kappa shape index (κ3) is 6.07. The number of hydrogen-bond donors (Lipinski definition) is 2. The number of benzodiazepines with no additional fused rings is 1. The summed E-state index contributed by atoms with van der Waals surface area (Å²) in [6.07, 6.45) is -2.52. The quantitative estimate of drug-likeness (QED) is 0.449. The number of benzene rings is 3. The fourth-order valence-electron chi connectivity index (χ4n) is 3.98. The van der Waals surface area contributed by atoms with Crippen molar-refractivity contribution in [3.05, 3.63) is 100 Å². The van der Waals surface area contributed by atoms with Crippen molar-refractivity contribution in [3.8, 4) is 0 Å². The van der Waals surface area contributed by atoms with Crippen LogP contribution in [-0.2, 0) is 20.9 Å². The lowest BCUT2D eigenvalue weighted by Gasteiger charge is -2.23. The van der Waals surface area contributed by atoms with Crippen LogP contribution in [-0.4, -0.2) is 48.6 Å². The molecule has 7 nitrogen and oxygen atoms in total. The summed E-state index contributed by atoms with van der Waals surface area (Å²) in [5.74, 6) is -3.56. The lowest BCUT2D eigenvalue weighted by Crippen LogP contribution is -2.49. The molecule has 3 aromatic carbocycles. The minimum absolute atomic E-state index is 0.116. The number of anilines is 1. The molecule has 10 heteroatoms. The molecule has 0 bridgehead atoms. The zero-order valence-electron chi connectivity index (χ0n) is 20.7. The number of nitrogens with zero attached hydrogens (tertiary/aromatic N) is 2. The molecule has 1 aliphatic heterocycles. The zero-order chi connectivity index (χ0) is 27.4. The van der Waals surface area contributed by atoms with Crippen LogP contribution < -0.4 is 10.2 Å². The number of carbonyl (C=O) groups excluding carboxylic acids is 2. The van der Waals surface area contributed by atoms with E-state index in [9.17, 15) is 23.5 Å². The smallest absolute Gasteiger partial charge is 0.272 e. The predicted molar refractivity (Wildman–Crippen MR) is 140 cm³/mol. The molecule has 0 aliphatic carbocycles. The lowest BCUT2D eigenvalue weighted by atomic mass is 10.0. The fourth-order valence-corrected chi connectivity index (χ4v) is 4.15. The van der Waals surface area contributed by atoms with E-state index in [-0.39, 0.29) is 18.8 Å². The molecule has 0 spiro atoms. The van der Waals surface area contributed by atoms with Gasteiger partial charge < -0.3 is 20.1 Å². The third-order valence-electron chi connectivity index (χ3n) is 6.28. The Kier molecular flexibility index (Phi) is 8.51. The molecule has 0 saturated heterocycles. The van der Waals surface area contributed by atoms with Crippen LogP contribution in [0, 0.1) is 17.6 Å². The van der Waals surface area contributed by atoms with Gasteiger partial charge in [-0.05, 0) is 24.3 Å². The summed E-state index contributed by atoms with van der Waals surface area (Å²) >= 11 is 6.25. The molecule has 1 heterocycles. The Morgan fingerprint density at radius 2 is 1.89 bits per heavy atom. The topological polar surface area (TPSA) is 91.2 Å². The van der Waals surface area contributed by atoms with Gasteiger partial charge in [0.1, 0.15) is 11.6 Å². The number of aliphatic imine (C=N–C) groups is 1. The highest BCUT2D eigenvalue weighted by Gasteiger charge is 2.33. The first-order chi connectivity index (χ1) is 18.2. The van der Waals surface area contributed by atoms with E-state index in [1.54, 1.807) is 25.2 Å². The van der Waals surface area contributed by atoms with Crippen LogP contribution in [0.1, 0.15) is 23.6 Å². The van der Waals surface area contributed by atoms with Gasteiger partial charge in [0.15, 0.2) is 0 Å². The Balaban J connectivity index is 1.50. The highest BCUT2D eigenvalue weighted by Crippen LogP contribution is 2.30. The Morgan fingerprint density at radius 1 is 1.16 bits per heavy atom. The van der Waals surface area contributed by atoms with E-state index in [1.807, 2.05) is 30.3 Å². The highest BCUT2D eigenvalue weighted by atomic mass is 35.5. The Morgan fingerprint density at radius 3 is 2.61 bits per heavy atom. The number of amides is 2. The molecule has 0 aromatic heterocycles.